The van der Waals surface area contributed by atoms with Crippen LogP contribution in [-0.4, -0.2) is 19.3 Å². The molecule has 0 amide bonds. The van der Waals surface area contributed by atoms with Gasteiger partial charge in [-0.25, -0.2) is 0 Å². The summed E-state index contributed by atoms with van der Waals surface area (Å²) in [6.45, 7) is 4.30. The summed E-state index contributed by atoms with van der Waals surface area (Å²) in [7, 11) is 1.82. The molecular weight excluding hydrogens is 246 g/mol. The monoisotopic (exact) mass is 275 g/mol. The van der Waals surface area contributed by atoms with Crippen molar-refractivity contribution < 1.29 is 4.74 Å². The lowest BCUT2D eigenvalue weighted by Gasteiger charge is -2.33. The lowest BCUT2D eigenvalue weighted by Crippen LogP contribution is -2.43. The van der Waals surface area contributed by atoms with Crippen molar-refractivity contribution >= 4 is 0 Å². The van der Waals surface area contributed by atoms with Crippen LogP contribution in [0.25, 0.3) is 0 Å². The number of aryl methyl sites for hydroxylation is 2. The van der Waals surface area contributed by atoms with E-state index >= 15 is 0 Å². The van der Waals surface area contributed by atoms with Crippen LogP contribution in [0.1, 0.15) is 48.8 Å². The van der Waals surface area contributed by atoms with Crippen LogP contribution >= 0.6 is 0 Å². The maximum atomic E-state index is 6.47. The Morgan fingerprint density at radius 3 is 2.25 bits per heavy atom. The van der Waals surface area contributed by atoms with Crippen LogP contribution in [0.15, 0.2) is 18.2 Å². The zero-order valence-corrected chi connectivity index (χ0v) is 13.2. The molecule has 1 saturated carbocycles. The molecule has 0 spiro atoms. The molecule has 2 atom stereocenters. The van der Waals surface area contributed by atoms with E-state index in [1.807, 2.05) is 7.11 Å². The summed E-state index contributed by atoms with van der Waals surface area (Å²) in [4.78, 5) is 0. The van der Waals surface area contributed by atoms with Crippen molar-refractivity contribution in [3.8, 4) is 0 Å². The largest absolute Gasteiger partial charge is 0.380 e. The molecule has 2 heteroatoms. The molecular formula is C18H29NO. The van der Waals surface area contributed by atoms with Crippen molar-refractivity contribution in [2.75, 3.05) is 7.11 Å². The first-order chi connectivity index (χ1) is 9.60. The number of nitrogens with two attached hydrogens (primary N) is 1. The maximum Gasteiger partial charge on any atom is 0.0753 e. The van der Waals surface area contributed by atoms with E-state index < -0.39 is 0 Å². The molecule has 20 heavy (non-hydrogen) atoms. The van der Waals surface area contributed by atoms with Crippen molar-refractivity contribution in [2.45, 2.75) is 64.5 Å². The van der Waals surface area contributed by atoms with E-state index in [-0.39, 0.29) is 12.1 Å². The van der Waals surface area contributed by atoms with Crippen LogP contribution in [0.5, 0.6) is 0 Å². The molecule has 0 saturated heterocycles. The van der Waals surface area contributed by atoms with Crippen LogP contribution < -0.4 is 5.73 Å². The number of rotatable bonds is 5. The minimum atomic E-state index is 0.101. The van der Waals surface area contributed by atoms with Gasteiger partial charge in [0.25, 0.3) is 0 Å². The lowest BCUT2D eigenvalue weighted by atomic mass is 9.81. The number of benzene rings is 1. The van der Waals surface area contributed by atoms with Crippen LogP contribution in [0.4, 0.5) is 0 Å². The highest BCUT2D eigenvalue weighted by Gasteiger charge is 2.28. The quantitative estimate of drug-likeness (QED) is 0.888. The Balaban J connectivity index is 2.02. The van der Waals surface area contributed by atoms with Crippen LogP contribution in [-0.2, 0) is 11.2 Å². The van der Waals surface area contributed by atoms with Crippen molar-refractivity contribution in [1.29, 1.82) is 0 Å². The van der Waals surface area contributed by atoms with E-state index in [1.165, 1.54) is 48.8 Å². The van der Waals surface area contributed by atoms with Gasteiger partial charge in [-0.3, -0.25) is 0 Å². The molecule has 0 radical (unpaired) electrons. The van der Waals surface area contributed by atoms with Gasteiger partial charge >= 0.3 is 0 Å². The van der Waals surface area contributed by atoms with Gasteiger partial charge in [0.1, 0.15) is 0 Å². The number of ether oxygens (including phenoxy) is 1. The van der Waals surface area contributed by atoms with Crippen molar-refractivity contribution in [1.82, 2.24) is 0 Å². The Morgan fingerprint density at radius 1 is 1.10 bits per heavy atom. The molecule has 0 bridgehead atoms. The van der Waals surface area contributed by atoms with E-state index in [9.17, 15) is 0 Å². The minimum Gasteiger partial charge on any atom is -0.380 e. The Bertz CT molecular complexity index is 403. The second-order valence-electron chi connectivity index (χ2n) is 6.46. The third kappa shape index (κ3) is 4.07. The fourth-order valence-corrected chi connectivity index (χ4v) is 3.75. The Hall–Kier alpha value is -0.860. The van der Waals surface area contributed by atoms with Crippen LogP contribution in [0.2, 0.25) is 0 Å². The molecule has 0 aromatic heterocycles. The number of hydrogen-bond acceptors (Lipinski definition) is 2. The van der Waals surface area contributed by atoms with E-state index in [0.29, 0.717) is 5.92 Å². The van der Waals surface area contributed by atoms with Gasteiger partial charge in [-0.1, -0.05) is 48.6 Å². The van der Waals surface area contributed by atoms with Gasteiger partial charge in [-0.15, -0.1) is 0 Å². The molecule has 2 N–H and O–H groups in total. The third-order valence-electron chi connectivity index (χ3n) is 4.56. The number of methoxy groups -OCH3 is 1. The van der Waals surface area contributed by atoms with Gasteiger partial charge in [0.05, 0.1) is 6.10 Å². The van der Waals surface area contributed by atoms with Gasteiger partial charge in [0.2, 0.25) is 0 Å². The zero-order chi connectivity index (χ0) is 14.5. The van der Waals surface area contributed by atoms with Gasteiger partial charge in [-0.05, 0) is 44.6 Å². The van der Waals surface area contributed by atoms with Gasteiger partial charge in [0, 0.05) is 13.2 Å². The van der Waals surface area contributed by atoms with E-state index in [2.05, 4.69) is 32.0 Å². The molecule has 1 aliphatic rings. The average molecular weight is 275 g/mol. The van der Waals surface area contributed by atoms with Gasteiger partial charge in [-0.2, -0.15) is 0 Å². The summed E-state index contributed by atoms with van der Waals surface area (Å²) in [5, 5.41) is 0. The normalized spacial score (nSPS) is 19.8. The first-order valence-corrected chi connectivity index (χ1v) is 7.95. The van der Waals surface area contributed by atoms with Gasteiger partial charge in [0.15, 0.2) is 0 Å². The molecule has 2 unspecified atom stereocenters. The van der Waals surface area contributed by atoms with Crippen molar-refractivity contribution in [3.05, 3.63) is 34.9 Å². The summed E-state index contributed by atoms with van der Waals surface area (Å²) in [6.07, 6.45) is 7.72. The lowest BCUT2D eigenvalue weighted by molar-refractivity contribution is 0.0179. The predicted molar refractivity (Wildman–Crippen MR) is 85.0 cm³/mol. The molecule has 1 aromatic rings. The first kappa shape index (κ1) is 15.5. The molecule has 2 rings (SSSR count). The Kier molecular flexibility index (Phi) is 5.62. The van der Waals surface area contributed by atoms with E-state index in [0.717, 1.165) is 6.42 Å². The third-order valence-corrected chi connectivity index (χ3v) is 4.56. The molecule has 0 heterocycles. The van der Waals surface area contributed by atoms with Crippen molar-refractivity contribution in [2.24, 2.45) is 11.7 Å². The van der Waals surface area contributed by atoms with Crippen molar-refractivity contribution in [3.63, 3.8) is 0 Å². The minimum absolute atomic E-state index is 0.101. The Morgan fingerprint density at radius 2 is 1.70 bits per heavy atom. The van der Waals surface area contributed by atoms with E-state index in [1.54, 1.807) is 0 Å². The van der Waals surface area contributed by atoms with Crippen LogP contribution in [0.3, 0.4) is 0 Å². The molecule has 1 fully saturated rings. The molecule has 112 valence electrons. The molecule has 1 aromatic carbocycles. The first-order valence-electron chi connectivity index (χ1n) is 7.95. The fraction of sp³-hybridized carbons (Fsp3) is 0.667. The highest BCUT2D eigenvalue weighted by molar-refractivity contribution is 5.29. The highest BCUT2D eigenvalue weighted by Crippen LogP contribution is 2.29. The van der Waals surface area contributed by atoms with Crippen LogP contribution in [0, 0.1) is 19.8 Å². The number of hydrogen-bond donors (Lipinski definition) is 1. The topological polar surface area (TPSA) is 35.2 Å². The predicted octanol–water partition coefficient (Wildman–Crippen LogP) is 3.77. The standard InChI is InChI=1S/C18H29NO/c1-13-9-14(2)11-15(10-13)12-17(19)18(20-3)16-7-5-4-6-8-16/h9-11,16-18H,4-8,12,19H2,1-3H3. The molecule has 0 aliphatic heterocycles. The summed E-state index contributed by atoms with van der Waals surface area (Å²) in [6, 6.07) is 6.81. The maximum absolute atomic E-state index is 6.47. The summed E-state index contributed by atoms with van der Waals surface area (Å²) < 4.78 is 5.76. The summed E-state index contributed by atoms with van der Waals surface area (Å²) >= 11 is 0. The smallest absolute Gasteiger partial charge is 0.0753 e. The fourth-order valence-electron chi connectivity index (χ4n) is 3.75. The SMILES string of the molecule is COC(C(N)Cc1cc(C)cc(C)c1)C1CCCCC1. The molecule has 2 nitrogen and oxygen atoms in total. The second kappa shape index (κ2) is 7.24. The zero-order valence-electron chi connectivity index (χ0n) is 13.2. The summed E-state index contributed by atoms with van der Waals surface area (Å²) in [5.41, 5.74) is 10.4. The molecule has 1 aliphatic carbocycles. The second-order valence-corrected chi connectivity index (χ2v) is 6.46. The Labute approximate surface area is 123 Å². The summed E-state index contributed by atoms with van der Waals surface area (Å²) in [5.74, 6) is 0.648. The highest BCUT2D eigenvalue weighted by atomic mass is 16.5. The van der Waals surface area contributed by atoms with E-state index in [4.69, 9.17) is 10.5 Å². The van der Waals surface area contributed by atoms with Gasteiger partial charge < -0.3 is 10.5 Å². The average Bonchev–Trinajstić information content (AvgIpc) is 2.39.